The molecule has 0 radical (unpaired) electrons. The van der Waals surface area contributed by atoms with E-state index in [4.69, 9.17) is 4.74 Å². The summed E-state index contributed by atoms with van der Waals surface area (Å²) >= 11 is 0.596. The van der Waals surface area contributed by atoms with E-state index in [-0.39, 0.29) is 28.7 Å². The predicted octanol–water partition coefficient (Wildman–Crippen LogP) is 7.53. The lowest BCUT2D eigenvalue weighted by atomic mass is 9.96. The highest BCUT2D eigenvalue weighted by Crippen LogP contribution is 2.39. The number of hydrogen-bond donors (Lipinski definition) is 2. The maximum absolute atomic E-state index is 13.3. The van der Waals surface area contributed by atoms with Crippen molar-refractivity contribution in [2.24, 2.45) is 5.92 Å². The Labute approximate surface area is 252 Å². The molecule has 0 saturated carbocycles. The summed E-state index contributed by atoms with van der Waals surface area (Å²) < 4.78 is 48.8. The number of benzene rings is 2. The van der Waals surface area contributed by atoms with Crippen molar-refractivity contribution in [3.05, 3.63) is 53.9 Å². The van der Waals surface area contributed by atoms with Crippen LogP contribution in [0.5, 0.6) is 0 Å². The first-order chi connectivity index (χ1) is 20.1. The van der Waals surface area contributed by atoms with E-state index in [1.807, 2.05) is 32.9 Å². The quantitative estimate of drug-likeness (QED) is 0.267. The number of nitrogens with zero attached hydrogens (tertiary/aromatic N) is 4. The molecule has 1 fully saturated rings. The lowest BCUT2D eigenvalue weighted by Gasteiger charge is -2.41. The van der Waals surface area contributed by atoms with Crippen molar-refractivity contribution >= 4 is 40.1 Å². The van der Waals surface area contributed by atoms with Gasteiger partial charge in [0.05, 0.1) is 16.9 Å². The number of alkyl halides is 3. The summed E-state index contributed by atoms with van der Waals surface area (Å²) in [6.45, 7) is 11.3. The molecular weight excluding hydrogens is 583 g/mol. The van der Waals surface area contributed by atoms with Gasteiger partial charge in [0.15, 0.2) is 0 Å². The lowest BCUT2D eigenvalue weighted by Crippen LogP contribution is -2.49. The molecule has 9 nitrogen and oxygen atoms in total. The topological polar surface area (TPSA) is 108 Å². The summed E-state index contributed by atoms with van der Waals surface area (Å²) in [5.74, 6) is -2.09. The van der Waals surface area contributed by atoms with Crippen LogP contribution in [0.25, 0.3) is 11.1 Å². The molecule has 0 atom stereocenters. The molecule has 0 bridgehead atoms. The van der Waals surface area contributed by atoms with E-state index in [0.29, 0.717) is 60.8 Å². The van der Waals surface area contributed by atoms with Gasteiger partial charge in [-0.2, -0.15) is 22.5 Å². The maximum atomic E-state index is 13.3. The molecule has 1 aliphatic rings. The summed E-state index contributed by atoms with van der Waals surface area (Å²) in [7, 11) is 0. The summed E-state index contributed by atoms with van der Waals surface area (Å²) in [4.78, 5) is 32.2. The average Bonchev–Trinajstić information content (AvgIpc) is 3.40. The largest absolute Gasteiger partial charge is 0.478 e. The number of carbonyl (C=O) groups excluding carboxylic acids is 1. The van der Waals surface area contributed by atoms with Gasteiger partial charge in [-0.05, 0) is 68.9 Å². The van der Waals surface area contributed by atoms with E-state index < -0.39 is 23.6 Å². The summed E-state index contributed by atoms with van der Waals surface area (Å²) in [5.41, 5.74) is 1.75. The number of amides is 1. The number of halogens is 3. The zero-order valence-corrected chi connectivity index (χ0v) is 25.6. The second kappa shape index (κ2) is 12.8. The maximum Gasteiger partial charge on any atom is 0.452 e. The first-order valence-corrected chi connectivity index (χ1v) is 14.8. The van der Waals surface area contributed by atoms with Crippen LogP contribution < -0.4 is 10.2 Å². The number of hydrogen-bond acceptors (Lipinski definition) is 8. The summed E-state index contributed by atoms with van der Waals surface area (Å²) in [5, 5.41) is 12.8. The van der Waals surface area contributed by atoms with Crippen LogP contribution in [0.1, 0.15) is 63.6 Å². The molecule has 0 aliphatic carbocycles. The van der Waals surface area contributed by atoms with Crippen LogP contribution in [0.3, 0.4) is 0 Å². The molecule has 1 aliphatic heterocycles. The number of carboxylic acid groups (broad SMARTS) is 1. The molecule has 2 heterocycles. The molecule has 232 valence electrons. The fourth-order valence-electron chi connectivity index (χ4n) is 5.00. The molecule has 0 spiro atoms. The Bertz CT molecular complexity index is 1450. The third-order valence-corrected chi connectivity index (χ3v) is 7.44. The third-order valence-electron chi connectivity index (χ3n) is 6.81. The van der Waals surface area contributed by atoms with Crippen LogP contribution in [0.4, 0.5) is 34.5 Å². The fraction of sp³-hybridized carbons (Fsp3) is 0.467. The molecule has 13 heteroatoms. The summed E-state index contributed by atoms with van der Waals surface area (Å²) in [6, 6.07) is 12.0. The highest BCUT2D eigenvalue weighted by atomic mass is 32.1. The van der Waals surface area contributed by atoms with E-state index in [0.717, 1.165) is 5.69 Å². The minimum atomic E-state index is -4.69. The second-order valence-electron chi connectivity index (χ2n) is 11.9. The molecule has 1 amide bonds. The monoisotopic (exact) mass is 619 g/mol. The number of piperidine rings is 1. The van der Waals surface area contributed by atoms with Crippen molar-refractivity contribution in [2.45, 2.75) is 65.3 Å². The van der Waals surface area contributed by atoms with E-state index >= 15 is 0 Å². The SMILES string of the molecule is CC(C)CN(c1ccc(-c2ccccc2C(=O)O)cc1Nc1nc(C(F)(F)F)ns1)C1CCN(C(=O)OC(C)(C)C)CC1. The zero-order valence-electron chi connectivity index (χ0n) is 24.7. The molecule has 4 rings (SSSR count). The molecule has 3 aromatic rings. The van der Waals surface area contributed by atoms with Gasteiger partial charge in [0.25, 0.3) is 0 Å². The number of anilines is 3. The lowest BCUT2D eigenvalue weighted by molar-refractivity contribution is -0.144. The first-order valence-electron chi connectivity index (χ1n) is 14.0. The number of aromatic nitrogens is 2. The number of rotatable bonds is 8. The summed E-state index contributed by atoms with van der Waals surface area (Å²) in [6.07, 6.45) is -3.73. The molecule has 43 heavy (non-hydrogen) atoms. The molecule has 0 unspecified atom stereocenters. The Balaban J connectivity index is 1.72. The van der Waals surface area contributed by atoms with Crippen molar-refractivity contribution in [3.63, 3.8) is 0 Å². The Morgan fingerprint density at radius 2 is 1.81 bits per heavy atom. The van der Waals surface area contributed by atoms with Crippen molar-refractivity contribution in [2.75, 3.05) is 29.9 Å². The van der Waals surface area contributed by atoms with Crippen LogP contribution in [-0.4, -0.2) is 62.7 Å². The third kappa shape index (κ3) is 8.15. The van der Waals surface area contributed by atoms with Gasteiger partial charge in [0, 0.05) is 37.2 Å². The van der Waals surface area contributed by atoms with Crippen LogP contribution in [0.2, 0.25) is 0 Å². The Morgan fingerprint density at radius 3 is 2.40 bits per heavy atom. The Kier molecular flexibility index (Phi) is 9.53. The minimum absolute atomic E-state index is 0.0268. The molecule has 2 aromatic carbocycles. The number of carboxylic acids is 1. The number of carbonyl (C=O) groups is 2. The predicted molar refractivity (Wildman–Crippen MR) is 160 cm³/mol. The normalized spacial score (nSPS) is 14.6. The Hall–Kier alpha value is -3.87. The van der Waals surface area contributed by atoms with E-state index in [9.17, 15) is 27.9 Å². The van der Waals surface area contributed by atoms with Gasteiger partial charge in [-0.1, -0.05) is 38.1 Å². The first kappa shape index (κ1) is 32.1. The molecule has 1 saturated heterocycles. The van der Waals surface area contributed by atoms with E-state index in [1.165, 1.54) is 6.07 Å². The molecule has 2 N–H and O–H groups in total. The van der Waals surface area contributed by atoms with Gasteiger partial charge in [-0.25, -0.2) is 9.59 Å². The standard InChI is InChI=1S/C30H36F3N5O4S/c1-18(2)17-38(20-12-14-37(15-13-20)28(41)42-29(3,4)5)24-11-10-19(21-8-6-7-9-22(21)25(39)40)16-23(24)34-27-35-26(36-43-27)30(31,32)33/h6-11,16,18,20H,12-15,17H2,1-5H3,(H,39,40)(H,34,35,36). The second-order valence-corrected chi connectivity index (χ2v) is 12.6. The van der Waals surface area contributed by atoms with Gasteiger partial charge < -0.3 is 25.0 Å². The van der Waals surface area contributed by atoms with Crippen LogP contribution in [0.15, 0.2) is 42.5 Å². The van der Waals surface area contributed by atoms with Crippen molar-refractivity contribution in [3.8, 4) is 11.1 Å². The van der Waals surface area contributed by atoms with E-state index in [1.54, 1.807) is 29.2 Å². The number of aromatic carboxylic acids is 1. The van der Waals surface area contributed by atoms with Crippen LogP contribution in [0, 0.1) is 5.92 Å². The van der Waals surface area contributed by atoms with Gasteiger partial charge in [0.1, 0.15) is 5.60 Å². The smallest absolute Gasteiger partial charge is 0.452 e. The van der Waals surface area contributed by atoms with Crippen LogP contribution in [-0.2, 0) is 10.9 Å². The van der Waals surface area contributed by atoms with Gasteiger partial charge in [-0.3, -0.25) is 0 Å². The van der Waals surface area contributed by atoms with Gasteiger partial charge in [-0.15, -0.1) is 0 Å². The number of nitrogens with one attached hydrogen (secondary N) is 1. The van der Waals surface area contributed by atoms with Crippen molar-refractivity contribution in [1.82, 2.24) is 14.3 Å². The minimum Gasteiger partial charge on any atom is -0.478 e. The Morgan fingerprint density at radius 1 is 1.14 bits per heavy atom. The van der Waals surface area contributed by atoms with Crippen molar-refractivity contribution in [1.29, 1.82) is 0 Å². The number of likely N-dealkylation sites (tertiary alicyclic amines) is 1. The highest BCUT2D eigenvalue weighted by Gasteiger charge is 2.36. The van der Waals surface area contributed by atoms with Gasteiger partial charge in [0.2, 0.25) is 11.0 Å². The van der Waals surface area contributed by atoms with Crippen molar-refractivity contribution < 1.29 is 32.6 Å². The molecule has 1 aromatic heterocycles. The highest BCUT2D eigenvalue weighted by molar-refractivity contribution is 7.09. The zero-order chi connectivity index (χ0) is 31.5. The molecular formula is C30H36F3N5O4S. The average molecular weight is 620 g/mol. The van der Waals surface area contributed by atoms with Crippen LogP contribution >= 0.6 is 11.5 Å². The number of ether oxygens (including phenoxy) is 1. The van der Waals surface area contributed by atoms with Gasteiger partial charge >= 0.3 is 18.2 Å². The fourth-order valence-corrected chi connectivity index (χ4v) is 5.60. The van der Waals surface area contributed by atoms with E-state index in [2.05, 4.69) is 33.4 Å².